The minimum absolute atomic E-state index is 0.306. The minimum Gasteiger partial charge on any atom is -0.368 e. The summed E-state index contributed by atoms with van der Waals surface area (Å²) in [6.07, 6.45) is 5.09. The van der Waals surface area contributed by atoms with Crippen LogP contribution in [0.4, 0.5) is 17.6 Å². The molecule has 6 heteroatoms. The van der Waals surface area contributed by atoms with Gasteiger partial charge in [0.25, 0.3) is 0 Å². The topological polar surface area (TPSA) is 80.0 Å². The first kappa shape index (κ1) is 13.6. The number of hydrogen-bond acceptors (Lipinski definition) is 6. The van der Waals surface area contributed by atoms with Gasteiger partial charge in [-0.2, -0.15) is 9.97 Å². The van der Waals surface area contributed by atoms with E-state index in [-0.39, 0.29) is 0 Å². The van der Waals surface area contributed by atoms with Gasteiger partial charge < -0.3 is 16.0 Å². The lowest BCUT2D eigenvalue weighted by molar-refractivity contribution is 0.837. The summed E-state index contributed by atoms with van der Waals surface area (Å²) in [5, 5.41) is 3.36. The molecule has 1 fully saturated rings. The fraction of sp³-hybridized carbons (Fsp3) is 0.400. The molecule has 0 unspecified atom stereocenters. The van der Waals surface area contributed by atoms with Crippen molar-refractivity contribution in [2.75, 3.05) is 29.5 Å². The van der Waals surface area contributed by atoms with Gasteiger partial charge in [0, 0.05) is 44.0 Å². The van der Waals surface area contributed by atoms with Crippen molar-refractivity contribution < 1.29 is 0 Å². The van der Waals surface area contributed by atoms with Crippen molar-refractivity contribution in [3.05, 3.63) is 36.2 Å². The van der Waals surface area contributed by atoms with Crippen molar-refractivity contribution in [1.29, 1.82) is 0 Å². The van der Waals surface area contributed by atoms with E-state index in [4.69, 9.17) is 5.73 Å². The molecule has 2 aromatic rings. The predicted molar refractivity (Wildman–Crippen MR) is 84.3 cm³/mol. The van der Waals surface area contributed by atoms with E-state index in [9.17, 15) is 0 Å². The molecular weight excluding hydrogens is 264 g/mol. The van der Waals surface area contributed by atoms with E-state index in [0.717, 1.165) is 30.3 Å². The number of hydrogen-bond donors (Lipinski definition) is 2. The smallest absolute Gasteiger partial charge is 0.223 e. The zero-order valence-electron chi connectivity index (χ0n) is 12.2. The first-order valence-electron chi connectivity index (χ1n) is 7.23. The third kappa shape index (κ3) is 3.81. The van der Waals surface area contributed by atoms with Gasteiger partial charge in [-0.05, 0) is 25.0 Å². The summed E-state index contributed by atoms with van der Waals surface area (Å²) in [6, 6.07) is 8.46. The van der Waals surface area contributed by atoms with Crippen LogP contribution in [0.5, 0.6) is 0 Å². The van der Waals surface area contributed by atoms with Crippen LogP contribution in [0.2, 0.25) is 0 Å². The molecule has 0 aromatic carbocycles. The molecule has 0 atom stereocenters. The average Bonchev–Trinajstić information content (AvgIpc) is 3.29. The number of nitrogens with two attached hydrogens (primary N) is 1. The van der Waals surface area contributed by atoms with Crippen LogP contribution in [-0.4, -0.2) is 34.6 Å². The Bertz CT molecular complexity index is 596. The molecule has 0 aliphatic heterocycles. The van der Waals surface area contributed by atoms with Gasteiger partial charge in [-0.1, -0.05) is 6.07 Å². The van der Waals surface area contributed by atoms with Crippen molar-refractivity contribution in [2.45, 2.75) is 25.3 Å². The summed E-state index contributed by atoms with van der Waals surface area (Å²) in [7, 11) is 2.01. The lowest BCUT2D eigenvalue weighted by Crippen LogP contribution is -2.22. The van der Waals surface area contributed by atoms with Crippen LogP contribution in [0, 0.1) is 0 Å². The molecule has 6 nitrogen and oxygen atoms in total. The second-order valence-corrected chi connectivity index (χ2v) is 5.38. The maximum Gasteiger partial charge on any atom is 0.223 e. The summed E-state index contributed by atoms with van der Waals surface area (Å²) < 4.78 is 0. The van der Waals surface area contributed by atoms with E-state index in [0.29, 0.717) is 12.0 Å². The van der Waals surface area contributed by atoms with Gasteiger partial charge in [0.1, 0.15) is 11.6 Å². The number of anilines is 3. The lowest BCUT2D eigenvalue weighted by Gasteiger charge is -2.19. The third-order valence-electron chi connectivity index (χ3n) is 3.48. The molecule has 1 aliphatic rings. The highest BCUT2D eigenvalue weighted by Crippen LogP contribution is 2.25. The lowest BCUT2D eigenvalue weighted by atomic mass is 10.2. The Labute approximate surface area is 124 Å². The van der Waals surface area contributed by atoms with E-state index in [2.05, 4.69) is 25.2 Å². The zero-order chi connectivity index (χ0) is 14.7. The molecule has 1 saturated carbocycles. The normalized spacial score (nSPS) is 14.0. The van der Waals surface area contributed by atoms with Gasteiger partial charge in [0.2, 0.25) is 5.95 Å². The Balaban J connectivity index is 1.65. The predicted octanol–water partition coefficient (Wildman–Crippen LogP) is 1.71. The highest BCUT2D eigenvalue weighted by molar-refractivity contribution is 5.53. The largest absolute Gasteiger partial charge is 0.368 e. The van der Waals surface area contributed by atoms with Crippen LogP contribution in [-0.2, 0) is 6.42 Å². The van der Waals surface area contributed by atoms with Gasteiger partial charge in [0.05, 0.1) is 0 Å². The number of nitrogens with zero attached hydrogens (tertiary/aromatic N) is 4. The van der Waals surface area contributed by atoms with Gasteiger partial charge in [-0.15, -0.1) is 0 Å². The molecule has 3 rings (SSSR count). The van der Waals surface area contributed by atoms with Crippen LogP contribution >= 0.6 is 0 Å². The number of rotatable bonds is 6. The van der Waals surface area contributed by atoms with Gasteiger partial charge in [-0.25, -0.2) is 0 Å². The number of likely N-dealkylation sites (N-methyl/N-ethyl adjacent to an activating group) is 1. The highest BCUT2D eigenvalue weighted by atomic mass is 15.2. The molecule has 0 spiro atoms. The van der Waals surface area contributed by atoms with Crippen molar-refractivity contribution in [2.24, 2.45) is 0 Å². The fourth-order valence-corrected chi connectivity index (χ4v) is 2.10. The summed E-state index contributed by atoms with van der Waals surface area (Å²) in [4.78, 5) is 14.9. The number of pyridine rings is 1. The molecule has 0 amide bonds. The Kier molecular flexibility index (Phi) is 3.85. The first-order valence-corrected chi connectivity index (χ1v) is 7.23. The maximum atomic E-state index is 5.80. The number of nitrogens with one attached hydrogen (secondary N) is 1. The van der Waals surface area contributed by atoms with Crippen molar-refractivity contribution >= 4 is 17.6 Å². The van der Waals surface area contributed by atoms with E-state index >= 15 is 0 Å². The standard InChI is InChI=1S/C15H20N6/c1-21(9-7-11-4-2-3-8-17-11)14-10-13(18-12-5-6-12)19-15(16)20-14/h2-4,8,10,12H,5-7,9H2,1H3,(H3,16,18,19,20). The SMILES string of the molecule is CN(CCc1ccccn1)c1cc(NC2CC2)nc(N)n1. The monoisotopic (exact) mass is 284 g/mol. The van der Waals surface area contributed by atoms with Crippen molar-refractivity contribution in [3.63, 3.8) is 0 Å². The molecule has 0 radical (unpaired) electrons. The van der Waals surface area contributed by atoms with Crippen LogP contribution in [0.1, 0.15) is 18.5 Å². The van der Waals surface area contributed by atoms with E-state index in [1.165, 1.54) is 12.8 Å². The average molecular weight is 284 g/mol. The second kappa shape index (κ2) is 5.95. The van der Waals surface area contributed by atoms with Crippen LogP contribution < -0.4 is 16.0 Å². The molecule has 110 valence electrons. The second-order valence-electron chi connectivity index (χ2n) is 5.38. The van der Waals surface area contributed by atoms with E-state index < -0.39 is 0 Å². The molecule has 3 N–H and O–H groups in total. The molecular formula is C15H20N6. The van der Waals surface area contributed by atoms with Gasteiger partial charge in [0.15, 0.2) is 0 Å². The minimum atomic E-state index is 0.306. The summed E-state index contributed by atoms with van der Waals surface area (Å²) >= 11 is 0. The molecule has 1 aliphatic carbocycles. The maximum absolute atomic E-state index is 5.80. The summed E-state index contributed by atoms with van der Waals surface area (Å²) in [5.41, 5.74) is 6.87. The fourth-order valence-electron chi connectivity index (χ4n) is 2.10. The van der Waals surface area contributed by atoms with Gasteiger partial charge >= 0.3 is 0 Å². The Morgan fingerprint density at radius 2 is 2.19 bits per heavy atom. The Hall–Kier alpha value is -2.37. The quantitative estimate of drug-likeness (QED) is 0.840. The van der Waals surface area contributed by atoms with E-state index in [1.54, 1.807) is 0 Å². The zero-order valence-corrected chi connectivity index (χ0v) is 12.2. The highest BCUT2D eigenvalue weighted by Gasteiger charge is 2.22. The van der Waals surface area contributed by atoms with Crippen LogP contribution in [0.15, 0.2) is 30.5 Å². The molecule has 21 heavy (non-hydrogen) atoms. The summed E-state index contributed by atoms with van der Waals surface area (Å²) in [6.45, 7) is 0.830. The van der Waals surface area contributed by atoms with Crippen LogP contribution in [0.25, 0.3) is 0 Å². The molecule has 2 heterocycles. The molecule has 0 saturated heterocycles. The van der Waals surface area contributed by atoms with Crippen molar-refractivity contribution in [1.82, 2.24) is 15.0 Å². The molecule has 0 bridgehead atoms. The number of nitrogen functional groups attached to an aromatic ring is 1. The molecule has 2 aromatic heterocycles. The Morgan fingerprint density at radius 1 is 1.33 bits per heavy atom. The first-order chi connectivity index (χ1) is 10.2. The summed E-state index contributed by atoms with van der Waals surface area (Å²) in [5.74, 6) is 1.95. The number of aromatic nitrogens is 3. The van der Waals surface area contributed by atoms with Crippen LogP contribution in [0.3, 0.4) is 0 Å². The van der Waals surface area contributed by atoms with E-state index in [1.807, 2.05) is 37.5 Å². The Morgan fingerprint density at radius 3 is 2.90 bits per heavy atom. The van der Waals surface area contributed by atoms with Crippen molar-refractivity contribution in [3.8, 4) is 0 Å². The third-order valence-corrected chi connectivity index (χ3v) is 3.48. The van der Waals surface area contributed by atoms with Gasteiger partial charge in [-0.3, -0.25) is 4.98 Å².